The Labute approximate surface area is 184 Å². The summed E-state index contributed by atoms with van der Waals surface area (Å²) in [5, 5.41) is 5.96. The zero-order valence-corrected chi connectivity index (χ0v) is 18.2. The molecule has 0 radical (unpaired) electrons. The second-order valence-electron chi connectivity index (χ2n) is 7.53. The van der Waals surface area contributed by atoms with Gasteiger partial charge in [0.15, 0.2) is 0 Å². The van der Waals surface area contributed by atoms with Gasteiger partial charge in [0, 0.05) is 36.8 Å². The van der Waals surface area contributed by atoms with Crippen LogP contribution in [0.25, 0.3) is 21.6 Å². The van der Waals surface area contributed by atoms with E-state index in [1.807, 2.05) is 30.3 Å². The lowest BCUT2D eigenvalue weighted by Crippen LogP contribution is -2.46. The third-order valence-corrected chi connectivity index (χ3v) is 6.97. The average molecular weight is 440 g/mol. The van der Waals surface area contributed by atoms with Gasteiger partial charge in [-0.3, -0.25) is 9.80 Å². The number of benzene rings is 2. The van der Waals surface area contributed by atoms with Crippen LogP contribution in [0.1, 0.15) is 23.9 Å². The Morgan fingerprint density at radius 3 is 2.70 bits per heavy atom. The van der Waals surface area contributed by atoms with Gasteiger partial charge in [-0.1, -0.05) is 41.0 Å². The molecule has 0 spiro atoms. The molecule has 2 aromatic heterocycles. The summed E-state index contributed by atoms with van der Waals surface area (Å²) in [4.78, 5) is 14.2. The quantitative estimate of drug-likeness (QED) is 0.441. The number of piperazine rings is 1. The van der Waals surface area contributed by atoms with Crippen molar-refractivity contribution in [3.05, 3.63) is 64.5 Å². The van der Waals surface area contributed by atoms with E-state index in [9.17, 15) is 0 Å². The van der Waals surface area contributed by atoms with Crippen LogP contribution in [-0.4, -0.2) is 51.1 Å². The molecule has 0 aliphatic carbocycles. The van der Waals surface area contributed by atoms with Crippen LogP contribution in [0.2, 0.25) is 5.02 Å². The maximum absolute atomic E-state index is 6.06. The maximum Gasteiger partial charge on any atom is 0.241 e. The van der Waals surface area contributed by atoms with Crippen molar-refractivity contribution in [1.82, 2.24) is 24.9 Å². The lowest BCUT2D eigenvalue weighted by Gasteiger charge is -2.36. The Bertz CT molecular complexity index is 1120. The summed E-state index contributed by atoms with van der Waals surface area (Å²) >= 11 is 7.86. The number of aromatic nitrogens is 3. The Balaban J connectivity index is 1.19. The first kappa shape index (κ1) is 19.6. The van der Waals surface area contributed by atoms with E-state index in [-0.39, 0.29) is 0 Å². The number of rotatable bonds is 5. The molecule has 0 amide bonds. The molecule has 1 aliphatic rings. The number of para-hydroxylation sites is 1. The third-order valence-electron chi connectivity index (χ3n) is 5.53. The van der Waals surface area contributed by atoms with Gasteiger partial charge in [-0.25, -0.2) is 4.98 Å². The van der Waals surface area contributed by atoms with Crippen LogP contribution >= 0.6 is 22.9 Å². The van der Waals surface area contributed by atoms with Crippen molar-refractivity contribution >= 4 is 33.2 Å². The number of thiazole rings is 1. The predicted molar refractivity (Wildman–Crippen MR) is 120 cm³/mol. The van der Waals surface area contributed by atoms with E-state index in [1.54, 1.807) is 11.3 Å². The summed E-state index contributed by atoms with van der Waals surface area (Å²) in [7, 11) is 0. The fraction of sp³-hybridized carbons (Fsp3) is 0.318. The molecule has 1 atom stereocenters. The van der Waals surface area contributed by atoms with Gasteiger partial charge in [-0.05, 0) is 31.2 Å². The zero-order valence-electron chi connectivity index (χ0n) is 16.7. The number of nitrogens with zero attached hydrogens (tertiary/aromatic N) is 5. The highest BCUT2D eigenvalue weighted by Gasteiger charge is 2.25. The van der Waals surface area contributed by atoms with Gasteiger partial charge >= 0.3 is 0 Å². The summed E-state index contributed by atoms with van der Waals surface area (Å²) in [5.74, 6) is 1.22. The summed E-state index contributed by atoms with van der Waals surface area (Å²) < 4.78 is 6.73. The molecule has 3 heterocycles. The van der Waals surface area contributed by atoms with Crippen molar-refractivity contribution in [2.75, 3.05) is 26.2 Å². The van der Waals surface area contributed by atoms with Crippen LogP contribution in [0, 0.1) is 0 Å². The van der Waals surface area contributed by atoms with E-state index in [2.05, 4.69) is 45.1 Å². The van der Waals surface area contributed by atoms with Crippen LogP contribution in [0.15, 0.2) is 53.1 Å². The van der Waals surface area contributed by atoms with Crippen LogP contribution in [0.5, 0.6) is 0 Å². The van der Waals surface area contributed by atoms with Crippen molar-refractivity contribution < 1.29 is 4.52 Å². The van der Waals surface area contributed by atoms with Gasteiger partial charge in [0.2, 0.25) is 11.7 Å². The molecule has 30 heavy (non-hydrogen) atoms. The van der Waals surface area contributed by atoms with Gasteiger partial charge in [0.1, 0.15) is 5.01 Å². The topological polar surface area (TPSA) is 58.3 Å². The van der Waals surface area contributed by atoms with Gasteiger partial charge < -0.3 is 4.52 Å². The number of fused-ring (bicyclic) bond motifs is 1. The molecule has 1 fully saturated rings. The third kappa shape index (κ3) is 4.11. The van der Waals surface area contributed by atoms with Crippen molar-refractivity contribution in [2.45, 2.75) is 19.5 Å². The van der Waals surface area contributed by atoms with Crippen LogP contribution < -0.4 is 0 Å². The monoisotopic (exact) mass is 439 g/mol. The largest absolute Gasteiger partial charge is 0.338 e. The van der Waals surface area contributed by atoms with Gasteiger partial charge in [-0.15, -0.1) is 11.3 Å². The molecule has 1 unspecified atom stereocenters. The molecule has 8 heteroatoms. The van der Waals surface area contributed by atoms with Crippen LogP contribution in [-0.2, 0) is 6.54 Å². The van der Waals surface area contributed by atoms with Crippen molar-refractivity contribution in [3.8, 4) is 11.4 Å². The van der Waals surface area contributed by atoms with Crippen molar-refractivity contribution in [2.24, 2.45) is 0 Å². The molecule has 1 aliphatic heterocycles. The van der Waals surface area contributed by atoms with Crippen LogP contribution in [0.3, 0.4) is 0 Å². The van der Waals surface area contributed by atoms with E-state index in [1.165, 1.54) is 9.71 Å². The molecule has 0 bridgehead atoms. The first-order valence-electron chi connectivity index (χ1n) is 10.1. The Morgan fingerprint density at radius 1 is 1.07 bits per heavy atom. The molecular formula is C22H22ClN5OS. The smallest absolute Gasteiger partial charge is 0.241 e. The second-order valence-corrected chi connectivity index (χ2v) is 9.03. The molecule has 5 rings (SSSR count). The van der Waals surface area contributed by atoms with Crippen molar-refractivity contribution in [3.63, 3.8) is 0 Å². The van der Waals surface area contributed by atoms with E-state index in [4.69, 9.17) is 21.1 Å². The molecule has 0 saturated carbocycles. The minimum absolute atomic E-state index is 0.322. The van der Waals surface area contributed by atoms with E-state index < -0.39 is 0 Å². The SMILES string of the molecule is CC(c1nc2ccccc2s1)N1CCN(Cc2nc(-c3cccc(Cl)c3)no2)CC1. The Hall–Kier alpha value is -2.32. The van der Waals surface area contributed by atoms with Gasteiger partial charge in [-0.2, -0.15) is 4.98 Å². The lowest BCUT2D eigenvalue weighted by molar-refractivity contribution is 0.0905. The highest BCUT2D eigenvalue weighted by molar-refractivity contribution is 7.18. The summed E-state index contributed by atoms with van der Waals surface area (Å²) in [5.41, 5.74) is 1.96. The second kappa shape index (κ2) is 8.43. The highest BCUT2D eigenvalue weighted by atomic mass is 35.5. The van der Waals surface area contributed by atoms with E-state index >= 15 is 0 Å². The summed E-state index contributed by atoms with van der Waals surface area (Å²) in [6.07, 6.45) is 0. The minimum atomic E-state index is 0.322. The Morgan fingerprint density at radius 2 is 1.90 bits per heavy atom. The highest BCUT2D eigenvalue weighted by Crippen LogP contribution is 2.30. The average Bonchev–Trinajstić information content (AvgIpc) is 3.41. The van der Waals surface area contributed by atoms with Gasteiger partial charge in [0.05, 0.1) is 22.8 Å². The summed E-state index contributed by atoms with van der Waals surface area (Å²) in [6.45, 7) is 6.83. The fourth-order valence-electron chi connectivity index (χ4n) is 3.79. The molecule has 1 saturated heterocycles. The minimum Gasteiger partial charge on any atom is -0.338 e. The first-order valence-corrected chi connectivity index (χ1v) is 11.3. The number of halogens is 1. The molecule has 154 valence electrons. The maximum atomic E-state index is 6.06. The molecule has 2 aromatic carbocycles. The Kier molecular flexibility index (Phi) is 5.52. The van der Waals surface area contributed by atoms with Crippen LogP contribution in [0.4, 0.5) is 0 Å². The van der Waals surface area contributed by atoms with Crippen molar-refractivity contribution in [1.29, 1.82) is 0 Å². The fourth-order valence-corrected chi connectivity index (χ4v) is 5.03. The molecule has 4 aromatic rings. The number of hydrogen-bond acceptors (Lipinski definition) is 7. The first-order chi connectivity index (χ1) is 14.7. The number of hydrogen-bond donors (Lipinski definition) is 0. The normalized spacial score (nSPS) is 16.9. The molecular weight excluding hydrogens is 418 g/mol. The molecule has 0 N–H and O–H groups in total. The standard InChI is InChI=1S/C22H22ClN5OS/c1-15(22-24-18-7-2-3-8-19(18)30-22)28-11-9-27(10-12-28)14-20-25-21(26-29-20)16-5-4-6-17(23)13-16/h2-8,13,15H,9-12,14H2,1H3. The summed E-state index contributed by atoms with van der Waals surface area (Å²) in [6, 6.07) is 16.2. The van der Waals surface area contributed by atoms with E-state index in [0.717, 1.165) is 37.3 Å². The van der Waals surface area contributed by atoms with Gasteiger partial charge in [0.25, 0.3) is 0 Å². The predicted octanol–water partition coefficient (Wildman–Crippen LogP) is 4.88. The lowest BCUT2D eigenvalue weighted by atomic mass is 10.2. The zero-order chi connectivity index (χ0) is 20.5. The van der Waals surface area contributed by atoms with E-state index in [0.29, 0.717) is 29.3 Å². The molecule has 6 nitrogen and oxygen atoms in total.